The lowest BCUT2D eigenvalue weighted by molar-refractivity contribution is -0.122. The van der Waals surface area contributed by atoms with Gasteiger partial charge in [0.2, 0.25) is 5.91 Å². The Morgan fingerprint density at radius 2 is 2.04 bits per heavy atom. The van der Waals surface area contributed by atoms with Gasteiger partial charge in [-0.15, -0.1) is 0 Å². The summed E-state index contributed by atoms with van der Waals surface area (Å²) in [4.78, 5) is 26.1. The Bertz CT molecular complexity index is 858. The molecule has 0 bridgehead atoms. The van der Waals surface area contributed by atoms with Gasteiger partial charge in [0.25, 0.3) is 5.91 Å². The molecule has 2 amide bonds. The van der Waals surface area contributed by atoms with Crippen LogP contribution in [-0.2, 0) is 9.59 Å². The van der Waals surface area contributed by atoms with Crippen molar-refractivity contribution >= 4 is 33.4 Å². The van der Waals surface area contributed by atoms with Gasteiger partial charge in [0, 0.05) is 16.2 Å². The van der Waals surface area contributed by atoms with Gasteiger partial charge >= 0.3 is 0 Å². The summed E-state index contributed by atoms with van der Waals surface area (Å²) in [5.74, 6) is -1.70. The van der Waals surface area contributed by atoms with E-state index in [1.165, 1.54) is 12.1 Å². The van der Waals surface area contributed by atoms with Crippen molar-refractivity contribution in [3.8, 4) is 5.75 Å². The molecule has 0 saturated carbocycles. The summed E-state index contributed by atoms with van der Waals surface area (Å²) in [6.07, 6.45) is 0.435. The Morgan fingerprint density at radius 1 is 1.31 bits per heavy atom. The van der Waals surface area contributed by atoms with E-state index in [9.17, 15) is 14.0 Å². The van der Waals surface area contributed by atoms with Crippen molar-refractivity contribution in [2.75, 3.05) is 11.5 Å². The van der Waals surface area contributed by atoms with E-state index in [1.54, 1.807) is 35.2 Å². The smallest absolute Gasteiger partial charge is 0.265 e. The van der Waals surface area contributed by atoms with E-state index >= 15 is 0 Å². The maximum absolute atomic E-state index is 13.9. The first kappa shape index (κ1) is 18.4. The van der Waals surface area contributed by atoms with E-state index in [2.05, 4.69) is 15.9 Å². The number of halogens is 2. The second-order valence-corrected chi connectivity index (χ2v) is 7.14. The van der Waals surface area contributed by atoms with Crippen LogP contribution in [0.2, 0.25) is 0 Å². The normalized spacial score (nSPS) is 19.0. The van der Waals surface area contributed by atoms with Gasteiger partial charge in [-0.2, -0.15) is 0 Å². The Balaban J connectivity index is 1.82. The summed E-state index contributed by atoms with van der Waals surface area (Å²) in [6, 6.07) is 11.3. The number of nitrogens with two attached hydrogens (primary N) is 1. The van der Waals surface area contributed by atoms with Gasteiger partial charge in [-0.25, -0.2) is 4.39 Å². The van der Waals surface area contributed by atoms with Crippen molar-refractivity contribution < 1.29 is 18.7 Å². The number of nitrogens with zero attached hydrogens (tertiary/aromatic N) is 1. The van der Waals surface area contributed by atoms with Crippen LogP contribution in [0.4, 0.5) is 10.1 Å². The SMILES string of the molecule is CC1CC(C(N)=O)c2ccccc2N1C(=O)COc1ccc(Br)cc1F. The van der Waals surface area contributed by atoms with Crippen LogP contribution in [0.15, 0.2) is 46.9 Å². The zero-order valence-corrected chi connectivity index (χ0v) is 15.7. The van der Waals surface area contributed by atoms with E-state index in [-0.39, 0.29) is 24.3 Å². The lowest BCUT2D eigenvalue weighted by atomic mass is 9.85. The molecule has 5 nitrogen and oxygen atoms in total. The van der Waals surface area contributed by atoms with Gasteiger partial charge in [0.15, 0.2) is 18.2 Å². The minimum absolute atomic E-state index is 0.00881. The summed E-state index contributed by atoms with van der Waals surface area (Å²) >= 11 is 3.17. The third-order valence-corrected chi connectivity index (χ3v) is 4.94. The highest BCUT2D eigenvalue weighted by molar-refractivity contribution is 9.10. The van der Waals surface area contributed by atoms with Crippen molar-refractivity contribution in [3.05, 3.63) is 58.3 Å². The molecular weight excluding hydrogens is 403 g/mol. The van der Waals surface area contributed by atoms with Gasteiger partial charge in [0.1, 0.15) is 0 Å². The molecule has 2 N–H and O–H groups in total. The zero-order valence-electron chi connectivity index (χ0n) is 14.1. The highest BCUT2D eigenvalue weighted by Gasteiger charge is 2.36. The molecule has 2 atom stereocenters. The lowest BCUT2D eigenvalue weighted by Gasteiger charge is -2.38. The summed E-state index contributed by atoms with van der Waals surface area (Å²) in [5.41, 5.74) is 6.88. The van der Waals surface area contributed by atoms with Crippen molar-refractivity contribution in [1.29, 1.82) is 0 Å². The molecule has 7 heteroatoms. The van der Waals surface area contributed by atoms with Gasteiger partial charge in [0.05, 0.1) is 5.92 Å². The maximum Gasteiger partial charge on any atom is 0.265 e. The number of hydrogen-bond acceptors (Lipinski definition) is 3. The quantitative estimate of drug-likeness (QED) is 0.823. The molecule has 1 aliphatic heterocycles. The molecule has 1 aliphatic rings. The first-order valence-electron chi connectivity index (χ1n) is 8.16. The number of amides is 2. The van der Waals surface area contributed by atoms with Crippen molar-refractivity contribution in [2.24, 2.45) is 5.73 Å². The van der Waals surface area contributed by atoms with Crippen LogP contribution >= 0.6 is 15.9 Å². The minimum atomic E-state index is -0.548. The summed E-state index contributed by atoms with van der Waals surface area (Å²) in [6.45, 7) is 1.54. The van der Waals surface area contributed by atoms with Crippen LogP contribution in [-0.4, -0.2) is 24.5 Å². The van der Waals surface area contributed by atoms with Crippen LogP contribution in [0, 0.1) is 5.82 Å². The Morgan fingerprint density at radius 3 is 2.73 bits per heavy atom. The highest BCUT2D eigenvalue weighted by atomic mass is 79.9. The molecule has 0 aliphatic carbocycles. The molecule has 0 fully saturated rings. The fourth-order valence-electron chi connectivity index (χ4n) is 3.26. The van der Waals surface area contributed by atoms with Gasteiger partial charge < -0.3 is 15.4 Å². The van der Waals surface area contributed by atoms with Gasteiger partial charge in [-0.1, -0.05) is 34.1 Å². The summed E-state index contributed by atoms with van der Waals surface area (Å²) in [5, 5.41) is 0. The number of para-hydroxylation sites is 1. The fourth-order valence-corrected chi connectivity index (χ4v) is 3.60. The molecule has 1 heterocycles. The van der Waals surface area contributed by atoms with Crippen LogP contribution in [0.25, 0.3) is 0 Å². The molecule has 0 radical (unpaired) electrons. The van der Waals surface area contributed by atoms with Crippen molar-refractivity contribution in [2.45, 2.75) is 25.3 Å². The number of fused-ring (bicyclic) bond motifs is 1. The average Bonchev–Trinajstić information content (AvgIpc) is 2.60. The number of anilines is 1. The second-order valence-electron chi connectivity index (χ2n) is 6.23. The minimum Gasteiger partial charge on any atom is -0.481 e. The third kappa shape index (κ3) is 3.58. The number of primary amides is 1. The number of carbonyl (C=O) groups excluding carboxylic acids is 2. The third-order valence-electron chi connectivity index (χ3n) is 4.45. The lowest BCUT2D eigenvalue weighted by Crippen LogP contribution is -2.47. The highest BCUT2D eigenvalue weighted by Crippen LogP contribution is 2.38. The van der Waals surface area contributed by atoms with Crippen LogP contribution in [0.1, 0.15) is 24.8 Å². The van der Waals surface area contributed by atoms with E-state index in [0.29, 0.717) is 16.6 Å². The summed E-state index contributed by atoms with van der Waals surface area (Å²) in [7, 11) is 0. The van der Waals surface area contributed by atoms with E-state index < -0.39 is 17.6 Å². The van der Waals surface area contributed by atoms with Crippen LogP contribution in [0.3, 0.4) is 0 Å². The Hall–Kier alpha value is -2.41. The molecule has 2 aromatic carbocycles. The average molecular weight is 421 g/mol. The molecule has 0 saturated heterocycles. The van der Waals surface area contributed by atoms with E-state index in [1.807, 2.05) is 6.92 Å². The topological polar surface area (TPSA) is 72.6 Å². The fraction of sp³-hybridized carbons (Fsp3) is 0.263. The maximum atomic E-state index is 13.9. The van der Waals surface area contributed by atoms with Crippen molar-refractivity contribution in [1.82, 2.24) is 0 Å². The largest absolute Gasteiger partial charge is 0.481 e. The predicted octanol–water partition coefficient (Wildman–Crippen LogP) is 3.36. The molecule has 2 aromatic rings. The van der Waals surface area contributed by atoms with E-state index in [4.69, 9.17) is 10.5 Å². The van der Waals surface area contributed by atoms with Gasteiger partial charge in [-0.05, 0) is 43.2 Å². The van der Waals surface area contributed by atoms with Crippen LogP contribution < -0.4 is 15.4 Å². The molecule has 26 heavy (non-hydrogen) atoms. The molecule has 3 rings (SSSR count). The molecule has 136 valence electrons. The summed E-state index contributed by atoms with van der Waals surface area (Å²) < 4.78 is 19.8. The van der Waals surface area contributed by atoms with Gasteiger partial charge in [-0.3, -0.25) is 9.59 Å². The standard InChI is InChI=1S/C19H18BrFN2O3/c1-11-8-14(19(22)25)13-4-2-3-5-16(13)23(11)18(24)10-26-17-7-6-12(20)9-15(17)21/h2-7,9,11,14H,8,10H2,1H3,(H2,22,25). The monoisotopic (exact) mass is 420 g/mol. The second kappa shape index (κ2) is 7.45. The number of benzene rings is 2. The Labute approximate surface area is 159 Å². The zero-order chi connectivity index (χ0) is 18.8. The molecule has 2 unspecified atom stereocenters. The number of rotatable bonds is 4. The predicted molar refractivity (Wildman–Crippen MR) is 99.5 cm³/mol. The van der Waals surface area contributed by atoms with Crippen LogP contribution in [0.5, 0.6) is 5.75 Å². The Kier molecular flexibility index (Phi) is 5.27. The number of hydrogen-bond donors (Lipinski definition) is 1. The van der Waals surface area contributed by atoms with E-state index in [0.717, 1.165) is 5.56 Å². The molecule has 0 aromatic heterocycles. The number of carbonyl (C=O) groups is 2. The first-order valence-corrected chi connectivity index (χ1v) is 8.96. The molecule has 0 spiro atoms. The van der Waals surface area contributed by atoms with Crippen molar-refractivity contribution in [3.63, 3.8) is 0 Å². The first-order chi connectivity index (χ1) is 12.4. The number of ether oxygens (including phenoxy) is 1. The molecular formula is C19H18BrFN2O3.